The molecule has 0 radical (unpaired) electrons. The zero-order valence-electron chi connectivity index (χ0n) is 22.5. The molecule has 0 aliphatic carbocycles. The maximum Gasteiger partial charge on any atom is 0.417 e. The number of amides is 1. The molecule has 0 unspecified atom stereocenters. The molecule has 0 saturated heterocycles. The number of carbonyl (C=O) groups excluding carboxylic acids is 1. The van der Waals surface area contributed by atoms with Crippen LogP contribution in [0.5, 0.6) is 5.75 Å². The van der Waals surface area contributed by atoms with E-state index in [1.807, 2.05) is 32.0 Å². The highest BCUT2D eigenvalue weighted by atomic mass is 79.9. The fourth-order valence-corrected chi connectivity index (χ4v) is 6.08. The fourth-order valence-electron chi connectivity index (χ4n) is 5.63. The van der Waals surface area contributed by atoms with Gasteiger partial charge in [-0.1, -0.05) is 18.2 Å². The maximum absolute atomic E-state index is 14.2. The number of ether oxygens (including phenoxy) is 1. The van der Waals surface area contributed by atoms with Crippen LogP contribution in [0.25, 0.3) is 22.2 Å². The second-order valence-corrected chi connectivity index (χ2v) is 10.7. The molecule has 4 heterocycles. The third kappa shape index (κ3) is 4.52. The number of aryl methyl sites for hydroxylation is 2. The zero-order valence-corrected chi connectivity index (χ0v) is 24.1. The summed E-state index contributed by atoms with van der Waals surface area (Å²) < 4.78 is 55.3. The Morgan fingerprint density at radius 3 is 2.71 bits per heavy atom. The molecule has 1 aliphatic rings. The molecular formula is C30H26BrF3N4O3. The summed E-state index contributed by atoms with van der Waals surface area (Å²) >= 11 is 3.54. The molecule has 6 rings (SSSR count). The van der Waals surface area contributed by atoms with Crippen molar-refractivity contribution >= 4 is 32.7 Å². The lowest BCUT2D eigenvalue weighted by molar-refractivity contribution is -0.137. The number of halogens is 4. The standard InChI is InChI=1S/C30H26BrF3N4O3/c1-4-38-28(25(31)16(2)36-38)29(39)37-14-13-18-20-15-17(40-3)9-10-22(20)35-26(18)27(37)24-12-11-23(41-24)19-7-5-6-8-21(19)30(32,33)34/h5-12,15,27,35H,4,13-14H2,1-3H3/t27-/m1/s1. The van der Waals surface area contributed by atoms with Gasteiger partial charge < -0.3 is 19.0 Å². The Morgan fingerprint density at radius 1 is 1.20 bits per heavy atom. The minimum absolute atomic E-state index is 0.0658. The number of fused-ring (bicyclic) bond motifs is 3. The van der Waals surface area contributed by atoms with Crippen LogP contribution in [0.3, 0.4) is 0 Å². The molecule has 0 bridgehead atoms. The minimum atomic E-state index is -4.55. The van der Waals surface area contributed by atoms with Gasteiger partial charge >= 0.3 is 6.18 Å². The van der Waals surface area contributed by atoms with Crippen molar-refractivity contribution in [3.63, 3.8) is 0 Å². The van der Waals surface area contributed by atoms with Crippen molar-refractivity contribution in [2.45, 2.75) is 39.0 Å². The molecule has 41 heavy (non-hydrogen) atoms. The molecule has 7 nitrogen and oxygen atoms in total. The normalized spacial score (nSPS) is 15.4. The number of alkyl halides is 3. The summed E-state index contributed by atoms with van der Waals surface area (Å²) in [5.41, 5.74) is 2.84. The number of nitrogens with one attached hydrogen (secondary N) is 1. The van der Waals surface area contributed by atoms with E-state index in [9.17, 15) is 18.0 Å². The van der Waals surface area contributed by atoms with E-state index in [0.29, 0.717) is 46.9 Å². The van der Waals surface area contributed by atoms with Crippen molar-refractivity contribution in [1.82, 2.24) is 19.7 Å². The van der Waals surface area contributed by atoms with Gasteiger partial charge in [-0.3, -0.25) is 9.48 Å². The molecule has 2 aromatic carbocycles. The van der Waals surface area contributed by atoms with Crippen molar-refractivity contribution < 1.29 is 27.1 Å². The number of nitrogens with zero attached hydrogens (tertiary/aromatic N) is 3. The van der Waals surface area contributed by atoms with Crippen LogP contribution in [-0.4, -0.2) is 39.2 Å². The molecule has 1 atom stereocenters. The molecule has 5 aromatic rings. The van der Waals surface area contributed by atoms with Crippen LogP contribution in [0.2, 0.25) is 0 Å². The van der Waals surface area contributed by atoms with Crippen molar-refractivity contribution in [2.75, 3.05) is 13.7 Å². The summed E-state index contributed by atoms with van der Waals surface area (Å²) in [6.45, 7) is 4.57. The SMILES string of the molecule is CCn1nc(C)c(Br)c1C(=O)N1CCc2c([nH]c3ccc(OC)cc23)[C@H]1c1ccc(-c2ccccc2C(F)(F)F)o1. The molecule has 11 heteroatoms. The van der Waals surface area contributed by atoms with Gasteiger partial charge in [-0.15, -0.1) is 0 Å². The van der Waals surface area contributed by atoms with E-state index in [2.05, 4.69) is 26.0 Å². The van der Waals surface area contributed by atoms with Gasteiger partial charge in [0.2, 0.25) is 0 Å². The number of hydrogen-bond donors (Lipinski definition) is 1. The first-order valence-corrected chi connectivity index (χ1v) is 13.9. The molecule has 0 spiro atoms. The second-order valence-electron chi connectivity index (χ2n) is 9.89. The van der Waals surface area contributed by atoms with Crippen LogP contribution in [0, 0.1) is 6.92 Å². The molecule has 1 N–H and O–H groups in total. The zero-order chi connectivity index (χ0) is 29.1. The Labute approximate surface area is 242 Å². The van der Waals surface area contributed by atoms with Crippen LogP contribution >= 0.6 is 15.9 Å². The van der Waals surface area contributed by atoms with Gasteiger partial charge in [0.1, 0.15) is 29.0 Å². The van der Waals surface area contributed by atoms with E-state index in [-0.39, 0.29) is 17.2 Å². The van der Waals surface area contributed by atoms with Gasteiger partial charge in [-0.25, -0.2) is 0 Å². The maximum atomic E-state index is 14.2. The molecule has 3 aromatic heterocycles. The largest absolute Gasteiger partial charge is 0.497 e. The monoisotopic (exact) mass is 626 g/mol. The van der Waals surface area contributed by atoms with Gasteiger partial charge in [-0.2, -0.15) is 18.3 Å². The van der Waals surface area contributed by atoms with Gasteiger partial charge in [0, 0.05) is 29.6 Å². The second kappa shape index (κ2) is 10.1. The summed E-state index contributed by atoms with van der Waals surface area (Å²) in [6.07, 6.45) is -3.99. The average Bonchev–Trinajstić information content (AvgIpc) is 3.67. The average molecular weight is 627 g/mol. The van der Waals surface area contributed by atoms with Crippen molar-refractivity contribution in [3.8, 4) is 17.1 Å². The van der Waals surface area contributed by atoms with E-state index in [1.54, 1.807) is 22.8 Å². The number of H-pyrrole nitrogens is 1. The highest BCUT2D eigenvalue weighted by Crippen LogP contribution is 2.43. The lowest BCUT2D eigenvalue weighted by atomic mass is 9.95. The fraction of sp³-hybridized carbons (Fsp3) is 0.267. The number of hydrogen-bond acceptors (Lipinski definition) is 4. The highest BCUT2D eigenvalue weighted by Gasteiger charge is 2.40. The Bertz CT molecular complexity index is 1790. The molecular weight excluding hydrogens is 601 g/mol. The minimum Gasteiger partial charge on any atom is -0.497 e. The molecule has 1 amide bonds. The Balaban J connectivity index is 1.52. The number of carbonyl (C=O) groups is 1. The van der Waals surface area contributed by atoms with E-state index in [0.717, 1.165) is 28.2 Å². The number of furan rings is 1. The number of aromatic amines is 1. The Kier molecular flexibility index (Phi) is 6.72. The molecule has 212 valence electrons. The summed E-state index contributed by atoms with van der Waals surface area (Å²) in [4.78, 5) is 19.4. The smallest absolute Gasteiger partial charge is 0.417 e. The van der Waals surface area contributed by atoms with Gasteiger partial charge in [0.05, 0.1) is 28.5 Å². The number of rotatable bonds is 5. The predicted octanol–water partition coefficient (Wildman–Crippen LogP) is 7.53. The van der Waals surface area contributed by atoms with Crippen LogP contribution in [0.15, 0.2) is 63.5 Å². The van der Waals surface area contributed by atoms with Crippen LogP contribution in [-0.2, 0) is 19.1 Å². The van der Waals surface area contributed by atoms with Crippen LogP contribution in [0.4, 0.5) is 13.2 Å². The molecule has 0 fully saturated rings. The third-order valence-electron chi connectivity index (χ3n) is 7.55. The first-order valence-electron chi connectivity index (χ1n) is 13.1. The van der Waals surface area contributed by atoms with Gasteiger partial charge in [-0.05, 0) is 78.2 Å². The van der Waals surface area contributed by atoms with Crippen molar-refractivity contribution in [2.24, 2.45) is 0 Å². The number of aromatic nitrogens is 3. The van der Waals surface area contributed by atoms with Gasteiger partial charge in [0.25, 0.3) is 5.91 Å². The first kappa shape index (κ1) is 27.2. The quantitative estimate of drug-likeness (QED) is 0.219. The lowest BCUT2D eigenvalue weighted by Gasteiger charge is -2.35. The van der Waals surface area contributed by atoms with E-state index < -0.39 is 17.8 Å². The summed E-state index contributed by atoms with van der Waals surface area (Å²) in [5, 5.41) is 5.45. The Morgan fingerprint density at radius 2 is 1.98 bits per heavy atom. The van der Waals surface area contributed by atoms with E-state index in [4.69, 9.17) is 9.15 Å². The first-order chi connectivity index (χ1) is 19.6. The van der Waals surface area contributed by atoms with E-state index >= 15 is 0 Å². The van der Waals surface area contributed by atoms with Crippen molar-refractivity contribution in [3.05, 3.63) is 93.0 Å². The molecule has 0 saturated carbocycles. The predicted molar refractivity (Wildman–Crippen MR) is 151 cm³/mol. The third-order valence-corrected chi connectivity index (χ3v) is 8.50. The topological polar surface area (TPSA) is 76.3 Å². The number of methoxy groups -OCH3 is 1. The molecule has 1 aliphatic heterocycles. The highest BCUT2D eigenvalue weighted by molar-refractivity contribution is 9.10. The number of benzene rings is 2. The van der Waals surface area contributed by atoms with Crippen LogP contribution < -0.4 is 4.74 Å². The summed E-state index contributed by atoms with van der Waals surface area (Å²) in [5.74, 6) is 0.852. The Hall–Kier alpha value is -3.99. The summed E-state index contributed by atoms with van der Waals surface area (Å²) in [6, 6.07) is 13.5. The van der Waals surface area contributed by atoms with Crippen molar-refractivity contribution in [1.29, 1.82) is 0 Å². The summed E-state index contributed by atoms with van der Waals surface area (Å²) in [7, 11) is 1.60. The van der Waals surface area contributed by atoms with Crippen LogP contribution in [0.1, 0.15) is 51.7 Å². The van der Waals surface area contributed by atoms with E-state index in [1.165, 1.54) is 24.3 Å². The lowest BCUT2D eigenvalue weighted by Crippen LogP contribution is -2.41. The van der Waals surface area contributed by atoms with Gasteiger partial charge in [0.15, 0.2) is 0 Å².